The zero-order valence-corrected chi connectivity index (χ0v) is 11.4. The van der Waals surface area contributed by atoms with Crippen molar-refractivity contribution in [3.8, 4) is 0 Å². The van der Waals surface area contributed by atoms with Crippen molar-refractivity contribution in [2.45, 2.75) is 19.1 Å². The Morgan fingerprint density at radius 3 is 2.78 bits per heavy atom. The predicted octanol–water partition coefficient (Wildman–Crippen LogP) is 3.38. The first-order valence-corrected chi connectivity index (χ1v) is 6.56. The SMILES string of the molecule is CN(C)C1OC2=C(C=C1Cl)CCc1ccccc12. The number of ether oxygens (including phenoxy) is 1. The van der Waals surface area contributed by atoms with Crippen LogP contribution in [0.5, 0.6) is 0 Å². The molecular weight excluding hydrogens is 246 g/mol. The summed E-state index contributed by atoms with van der Waals surface area (Å²) in [4.78, 5) is 1.99. The molecule has 1 aliphatic carbocycles. The van der Waals surface area contributed by atoms with Crippen LogP contribution in [-0.2, 0) is 11.2 Å². The number of rotatable bonds is 1. The van der Waals surface area contributed by atoms with Crippen LogP contribution in [0.4, 0.5) is 0 Å². The van der Waals surface area contributed by atoms with Gasteiger partial charge < -0.3 is 4.74 Å². The molecule has 0 radical (unpaired) electrons. The van der Waals surface area contributed by atoms with Gasteiger partial charge in [-0.2, -0.15) is 0 Å². The largest absolute Gasteiger partial charge is 0.469 e. The lowest BCUT2D eigenvalue weighted by molar-refractivity contribution is 0.0723. The van der Waals surface area contributed by atoms with Gasteiger partial charge in [-0.05, 0) is 44.1 Å². The first kappa shape index (κ1) is 11.8. The first-order valence-electron chi connectivity index (χ1n) is 6.18. The highest BCUT2D eigenvalue weighted by atomic mass is 35.5. The highest BCUT2D eigenvalue weighted by molar-refractivity contribution is 6.30. The molecule has 1 unspecified atom stereocenters. The summed E-state index contributed by atoms with van der Waals surface area (Å²) in [7, 11) is 3.95. The van der Waals surface area contributed by atoms with Crippen LogP contribution in [0.15, 0.2) is 40.9 Å². The number of nitrogens with zero attached hydrogens (tertiary/aromatic N) is 1. The summed E-state index contributed by atoms with van der Waals surface area (Å²) < 4.78 is 6.10. The van der Waals surface area contributed by atoms with E-state index in [0.29, 0.717) is 0 Å². The molecule has 3 rings (SSSR count). The van der Waals surface area contributed by atoms with Gasteiger partial charge in [0.05, 0.1) is 5.03 Å². The molecule has 0 amide bonds. The van der Waals surface area contributed by atoms with Crippen LogP contribution in [0.3, 0.4) is 0 Å². The van der Waals surface area contributed by atoms with Gasteiger partial charge in [-0.3, -0.25) is 4.90 Å². The number of likely N-dealkylation sites (N-methyl/N-ethyl adjacent to an activating group) is 1. The van der Waals surface area contributed by atoms with E-state index in [1.807, 2.05) is 19.0 Å². The zero-order chi connectivity index (χ0) is 12.7. The van der Waals surface area contributed by atoms with Gasteiger partial charge in [0.1, 0.15) is 5.76 Å². The Bertz CT molecular complexity index is 545. The number of fused-ring (bicyclic) bond motifs is 2. The van der Waals surface area contributed by atoms with Crippen molar-refractivity contribution in [3.05, 3.63) is 52.1 Å². The normalized spacial score (nSPS) is 22.2. The van der Waals surface area contributed by atoms with Crippen molar-refractivity contribution in [3.63, 3.8) is 0 Å². The average molecular weight is 262 g/mol. The molecule has 18 heavy (non-hydrogen) atoms. The molecule has 94 valence electrons. The van der Waals surface area contributed by atoms with Gasteiger partial charge in [0.15, 0.2) is 6.23 Å². The van der Waals surface area contributed by atoms with Gasteiger partial charge in [0, 0.05) is 5.56 Å². The van der Waals surface area contributed by atoms with E-state index in [2.05, 4.69) is 30.3 Å². The van der Waals surface area contributed by atoms with E-state index in [9.17, 15) is 0 Å². The second-order valence-electron chi connectivity index (χ2n) is 4.97. The van der Waals surface area contributed by atoms with Gasteiger partial charge in [0.2, 0.25) is 0 Å². The summed E-state index contributed by atoms with van der Waals surface area (Å²) in [6.07, 6.45) is 3.96. The second-order valence-corrected chi connectivity index (χ2v) is 5.41. The van der Waals surface area contributed by atoms with E-state index in [1.54, 1.807) is 0 Å². The first-order chi connectivity index (χ1) is 8.66. The third kappa shape index (κ3) is 1.86. The van der Waals surface area contributed by atoms with Crippen molar-refractivity contribution in [1.82, 2.24) is 4.90 Å². The Labute approximate surface area is 113 Å². The van der Waals surface area contributed by atoms with Crippen LogP contribution in [0.2, 0.25) is 0 Å². The molecule has 0 spiro atoms. The molecule has 1 aliphatic heterocycles. The number of halogens is 1. The zero-order valence-electron chi connectivity index (χ0n) is 10.6. The Hall–Kier alpha value is -1.25. The molecule has 1 atom stereocenters. The van der Waals surface area contributed by atoms with Crippen molar-refractivity contribution < 1.29 is 4.74 Å². The van der Waals surface area contributed by atoms with Crippen LogP contribution >= 0.6 is 11.6 Å². The Morgan fingerprint density at radius 1 is 1.22 bits per heavy atom. The second kappa shape index (κ2) is 4.45. The fourth-order valence-corrected chi connectivity index (χ4v) is 2.92. The molecule has 1 heterocycles. The standard InChI is InChI=1S/C15H16ClNO/c1-17(2)15-13(16)9-11-8-7-10-5-3-4-6-12(10)14(11)18-15/h3-6,9,15H,7-8H2,1-2H3. The maximum atomic E-state index is 6.28. The number of hydrogen-bond donors (Lipinski definition) is 0. The summed E-state index contributed by atoms with van der Waals surface area (Å²) in [5.41, 5.74) is 3.79. The molecule has 2 aliphatic rings. The average Bonchev–Trinajstić information content (AvgIpc) is 2.37. The molecule has 0 bridgehead atoms. The monoisotopic (exact) mass is 261 g/mol. The quantitative estimate of drug-likeness (QED) is 0.768. The van der Waals surface area contributed by atoms with Gasteiger partial charge in [0.25, 0.3) is 0 Å². The van der Waals surface area contributed by atoms with Crippen LogP contribution in [-0.4, -0.2) is 25.2 Å². The van der Waals surface area contributed by atoms with Crippen LogP contribution < -0.4 is 0 Å². The van der Waals surface area contributed by atoms with E-state index in [0.717, 1.165) is 23.6 Å². The lowest BCUT2D eigenvalue weighted by Crippen LogP contribution is -2.33. The summed E-state index contributed by atoms with van der Waals surface area (Å²) in [5.74, 6) is 1.000. The van der Waals surface area contributed by atoms with Crippen LogP contribution in [0.25, 0.3) is 5.76 Å². The van der Waals surface area contributed by atoms with Crippen molar-refractivity contribution in [1.29, 1.82) is 0 Å². The van der Waals surface area contributed by atoms with E-state index in [-0.39, 0.29) is 6.23 Å². The summed E-state index contributed by atoms with van der Waals surface area (Å²) in [6, 6.07) is 8.44. The molecular formula is C15H16ClNO. The number of aryl methyl sites for hydroxylation is 1. The fraction of sp³-hybridized carbons (Fsp3) is 0.333. The minimum Gasteiger partial charge on any atom is -0.469 e. The molecule has 0 saturated heterocycles. The third-order valence-corrected chi connectivity index (χ3v) is 3.76. The summed E-state index contributed by atoms with van der Waals surface area (Å²) in [5, 5.41) is 0.762. The highest BCUT2D eigenvalue weighted by Crippen LogP contribution is 2.39. The van der Waals surface area contributed by atoms with Gasteiger partial charge >= 0.3 is 0 Å². The minimum atomic E-state index is -0.170. The van der Waals surface area contributed by atoms with E-state index in [4.69, 9.17) is 16.3 Å². The number of allylic oxidation sites excluding steroid dienone is 2. The molecule has 1 aromatic carbocycles. The summed E-state index contributed by atoms with van der Waals surface area (Å²) >= 11 is 6.28. The molecule has 0 fully saturated rings. The van der Waals surface area contributed by atoms with E-state index < -0.39 is 0 Å². The Morgan fingerprint density at radius 2 is 2.00 bits per heavy atom. The fourth-order valence-electron chi connectivity index (χ4n) is 2.55. The van der Waals surface area contributed by atoms with Crippen LogP contribution in [0, 0.1) is 0 Å². The van der Waals surface area contributed by atoms with Gasteiger partial charge in [-0.1, -0.05) is 35.9 Å². The lowest BCUT2D eigenvalue weighted by atomic mass is 9.89. The maximum Gasteiger partial charge on any atom is 0.189 e. The number of benzene rings is 1. The molecule has 1 aromatic rings. The molecule has 3 heteroatoms. The number of hydrogen-bond acceptors (Lipinski definition) is 2. The molecule has 0 saturated carbocycles. The summed E-state index contributed by atoms with van der Waals surface area (Å²) in [6.45, 7) is 0. The minimum absolute atomic E-state index is 0.170. The Kier molecular flexibility index (Phi) is 2.92. The van der Waals surface area contributed by atoms with E-state index >= 15 is 0 Å². The van der Waals surface area contributed by atoms with Crippen LogP contribution in [0.1, 0.15) is 17.5 Å². The van der Waals surface area contributed by atoms with E-state index in [1.165, 1.54) is 16.7 Å². The molecule has 0 aromatic heterocycles. The molecule has 0 N–H and O–H groups in total. The molecule has 2 nitrogen and oxygen atoms in total. The van der Waals surface area contributed by atoms with Gasteiger partial charge in [-0.25, -0.2) is 0 Å². The third-order valence-electron chi connectivity index (χ3n) is 3.46. The smallest absolute Gasteiger partial charge is 0.189 e. The van der Waals surface area contributed by atoms with Crippen molar-refractivity contribution in [2.24, 2.45) is 0 Å². The lowest BCUT2D eigenvalue weighted by Gasteiger charge is -2.33. The predicted molar refractivity (Wildman–Crippen MR) is 74.2 cm³/mol. The van der Waals surface area contributed by atoms with Crippen molar-refractivity contribution in [2.75, 3.05) is 14.1 Å². The topological polar surface area (TPSA) is 12.5 Å². The highest BCUT2D eigenvalue weighted by Gasteiger charge is 2.29. The van der Waals surface area contributed by atoms with Gasteiger partial charge in [-0.15, -0.1) is 0 Å². The Balaban J connectivity index is 2.06. The van der Waals surface area contributed by atoms with Crippen molar-refractivity contribution >= 4 is 17.4 Å². The maximum absolute atomic E-state index is 6.28.